The molecule has 0 aliphatic carbocycles. The van der Waals surface area contributed by atoms with Crippen LogP contribution in [0.4, 0.5) is 5.95 Å². The number of aliphatic carboxylic acids is 1. The molecule has 0 bridgehead atoms. The maximum atomic E-state index is 10.8. The van der Waals surface area contributed by atoms with Gasteiger partial charge in [-0.1, -0.05) is 0 Å². The summed E-state index contributed by atoms with van der Waals surface area (Å²) in [6.45, 7) is 5.12. The molecule has 1 saturated heterocycles. The van der Waals surface area contributed by atoms with Crippen LogP contribution in [-0.2, 0) is 11.2 Å². The first kappa shape index (κ1) is 18.0. The standard InChI is InChI=1S/C20H23N7O2/c1-13-2-5-17-23-16-4-3-15(24-19(16)27(13)17)14-10-21-20(22-11-14)26-8-6-25(7-9-26)12-18(28)29/h3-4,10-11,13H,2,5-9,12H2,1H3,(H,28,29). The number of aryl methyl sites for hydroxylation is 1. The summed E-state index contributed by atoms with van der Waals surface area (Å²) >= 11 is 0. The smallest absolute Gasteiger partial charge is 0.317 e. The third-order valence-corrected chi connectivity index (χ3v) is 5.78. The van der Waals surface area contributed by atoms with E-state index in [0.717, 1.165) is 54.2 Å². The molecule has 0 spiro atoms. The fourth-order valence-corrected chi connectivity index (χ4v) is 4.20. The van der Waals surface area contributed by atoms with Crippen molar-refractivity contribution in [3.63, 3.8) is 0 Å². The molecular weight excluding hydrogens is 370 g/mol. The summed E-state index contributed by atoms with van der Waals surface area (Å²) in [6, 6.07) is 4.42. The van der Waals surface area contributed by atoms with Gasteiger partial charge in [0, 0.05) is 56.6 Å². The summed E-state index contributed by atoms with van der Waals surface area (Å²) < 4.78 is 2.24. The van der Waals surface area contributed by atoms with E-state index in [0.29, 0.717) is 25.1 Å². The Hall–Kier alpha value is -3.07. The number of rotatable bonds is 4. The van der Waals surface area contributed by atoms with Crippen molar-refractivity contribution in [1.82, 2.24) is 29.4 Å². The molecule has 0 aromatic carbocycles. The number of nitrogens with zero attached hydrogens (tertiary/aromatic N) is 7. The van der Waals surface area contributed by atoms with Gasteiger partial charge in [-0.2, -0.15) is 0 Å². The van der Waals surface area contributed by atoms with Crippen LogP contribution in [0.15, 0.2) is 24.5 Å². The van der Waals surface area contributed by atoms with E-state index in [2.05, 4.69) is 26.4 Å². The van der Waals surface area contributed by atoms with Gasteiger partial charge in [0.25, 0.3) is 0 Å². The van der Waals surface area contributed by atoms with Crippen molar-refractivity contribution in [3.8, 4) is 11.3 Å². The zero-order chi connectivity index (χ0) is 20.0. The van der Waals surface area contributed by atoms with Crippen LogP contribution in [0.25, 0.3) is 22.4 Å². The van der Waals surface area contributed by atoms with Gasteiger partial charge in [-0.05, 0) is 25.5 Å². The predicted molar refractivity (Wildman–Crippen MR) is 108 cm³/mol. The largest absolute Gasteiger partial charge is 0.480 e. The zero-order valence-electron chi connectivity index (χ0n) is 16.3. The first-order chi connectivity index (χ1) is 14.1. The Bertz CT molecular complexity index is 1050. The fraction of sp³-hybridized carbons (Fsp3) is 0.450. The van der Waals surface area contributed by atoms with Crippen molar-refractivity contribution in [2.75, 3.05) is 37.6 Å². The summed E-state index contributed by atoms with van der Waals surface area (Å²) in [5.74, 6) is 0.996. The Labute approximate surface area is 168 Å². The number of carbonyl (C=O) groups is 1. The lowest BCUT2D eigenvalue weighted by atomic mass is 10.2. The van der Waals surface area contributed by atoms with Crippen molar-refractivity contribution in [3.05, 3.63) is 30.4 Å². The molecule has 150 valence electrons. The Morgan fingerprint density at radius 1 is 1.14 bits per heavy atom. The first-order valence-electron chi connectivity index (χ1n) is 9.98. The van der Waals surface area contributed by atoms with Crippen LogP contribution in [0.1, 0.15) is 25.2 Å². The summed E-state index contributed by atoms with van der Waals surface area (Å²) in [7, 11) is 0. The fourth-order valence-electron chi connectivity index (χ4n) is 4.20. The molecule has 0 amide bonds. The second-order valence-electron chi connectivity index (χ2n) is 7.75. The lowest BCUT2D eigenvalue weighted by Crippen LogP contribution is -2.48. The number of piperazine rings is 1. The number of carboxylic acid groups (broad SMARTS) is 1. The molecule has 0 radical (unpaired) electrons. The van der Waals surface area contributed by atoms with Crippen LogP contribution in [0.2, 0.25) is 0 Å². The molecule has 9 nitrogen and oxygen atoms in total. The molecule has 29 heavy (non-hydrogen) atoms. The summed E-state index contributed by atoms with van der Waals surface area (Å²) in [4.78, 5) is 33.5. The number of hydrogen-bond acceptors (Lipinski definition) is 7. The average Bonchev–Trinajstić information content (AvgIpc) is 3.27. The van der Waals surface area contributed by atoms with E-state index in [1.54, 1.807) is 0 Å². The minimum atomic E-state index is -0.790. The van der Waals surface area contributed by atoms with E-state index in [-0.39, 0.29) is 6.54 Å². The highest BCUT2D eigenvalue weighted by Gasteiger charge is 2.24. The van der Waals surface area contributed by atoms with Gasteiger partial charge in [0.2, 0.25) is 5.95 Å². The number of anilines is 1. The average molecular weight is 393 g/mol. The maximum Gasteiger partial charge on any atom is 0.317 e. The quantitative estimate of drug-likeness (QED) is 0.713. The van der Waals surface area contributed by atoms with E-state index in [1.807, 2.05) is 29.4 Å². The Balaban J connectivity index is 1.34. The highest BCUT2D eigenvalue weighted by molar-refractivity contribution is 5.76. The number of pyridine rings is 1. The Morgan fingerprint density at radius 2 is 1.90 bits per heavy atom. The summed E-state index contributed by atoms with van der Waals surface area (Å²) in [5.41, 5.74) is 3.59. The van der Waals surface area contributed by atoms with E-state index < -0.39 is 5.97 Å². The molecule has 1 N–H and O–H groups in total. The Kier molecular flexibility index (Phi) is 4.39. The van der Waals surface area contributed by atoms with Crippen molar-refractivity contribution in [2.45, 2.75) is 25.8 Å². The number of carboxylic acids is 1. The van der Waals surface area contributed by atoms with Gasteiger partial charge in [-0.15, -0.1) is 0 Å². The van der Waals surface area contributed by atoms with Crippen molar-refractivity contribution < 1.29 is 9.90 Å². The van der Waals surface area contributed by atoms with Gasteiger partial charge in [-0.3, -0.25) is 9.69 Å². The highest BCUT2D eigenvalue weighted by Crippen LogP contribution is 2.30. The SMILES string of the molecule is CC1CCc2nc3ccc(-c4cnc(N5CCN(CC(=O)O)CC5)nc4)nc3n21. The van der Waals surface area contributed by atoms with Gasteiger partial charge < -0.3 is 14.6 Å². The van der Waals surface area contributed by atoms with Crippen LogP contribution in [-0.4, -0.2) is 73.2 Å². The van der Waals surface area contributed by atoms with Crippen molar-refractivity contribution >= 4 is 23.1 Å². The van der Waals surface area contributed by atoms with E-state index >= 15 is 0 Å². The molecule has 2 aliphatic heterocycles. The normalized spacial score (nSPS) is 19.6. The predicted octanol–water partition coefficient (Wildman–Crippen LogP) is 1.60. The third-order valence-electron chi connectivity index (χ3n) is 5.78. The summed E-state index contributed by atoms with van der Waals surface area (Å²) in [6.07, 6.45) is 5.74. The molecule has 1 atom stereocenters. The molecule has 5 rings (SSSR count). The molecule has 2 aliphatic rings. The lowest BCUT2D eigenvalue weighted by Gasteiger charge is -2.33. The van der Waals surface area contributed by atoms with Crippen LogP contribution < -0.4 is 4.90 Å². The number of imidazole rings is 1. The number of hydrogen-bond donors (Lipinski definition) is 1. The Morgan fingerprint density at radius 3 is 2.62 bits per heavy atom. The molecular formula is C20H23N7O2. The van der Waals surface area contributed by atoms with Crippen molar-refractivity contribution in [1.29, 1.82) is 0 Å². The van der Waals surface area contributed by atoms with E-state index in [4.69, 9.17) is 15.1 Å². The molecule has 0 saturated carbocycles. The van der Waals surface area contributed by atoms with E-state index in [1.165, 1.54) is 0 Å². The van der Waals surface area contributed by atoms with Gasteiger partial charge in [0.15, 0.2) is 5.65 Å². The topological polar surface area (TPSA) is 100 Å². The van der Waals surface area contributed by atoms with Gasteiger partial charge in [0.05, 0.1) is 12.2 Å². The van der Waals surface area contributed by atoms with Gasteiger partial charge in [0.1, 0.15) is 11.3 Å². The van der Waals surface area contributed by atoms with Gasteiger partial charge >= 0.3 is 5.97 Å². The second kappa shape index (κ2) is 7.07. The molecule has 5 heterocycles. The van der Waals surface area contributed by atoms with Crippen molar-refractivity contribution in [2.24, 2.45) is 0 Å². The lowest BCUT2D eigenvalue weighted by molar-refractivity contribution is -0.138. The molecule has 3 aromatic heterocycles. The summed E-state index contributed by atoms with van der Waals surface area (Å²) in [5, 5.41) is 8.91. The second-order valence-corrected chi connectivity index (χ2v) is 7.75. The molecule has 3 aromatic rings. The third kappa shape index (κ3) is 3.31. The van der Waals surface area contributed by atoms with Crippen LogP contribution in [0.3, 0.4) is 0 Å². The van der Waals surface area contributed by atoms with Gasteiger partial charge in [-0.25, -0.2) is 19.9 Å². The van der Waals surface area contributed by atoms with Crippen LogP contribution in [0, 0.1) is 0 Å². The van der Waals surface area contributed by atoms with Crippen LogP contribution >= 0.6 is 0 Å². The zero-order valence-corrected chi connectivity index (χ0v) is 16.3. The number of aromatic nitrogens is 5. The molecule has 1 unspecified atom stereocenters. The maximum absolute atomic E-state index is 10.8. The first-order valence-corrected chi connectivity index (χ1v) is 9.98. The number of fused-ring (bicyclic) bond motifs is 3. The monoisotopic (exact) mass is 393 g/mol. The highest BCUT2D eigenvalue weighted by atomic mass is 16.4. The minimum Gasteiger partial charge on any atom is -0.480 e. The van der Waals surface area contributed by atoms with Crippen LogP contribution in [0.5, 0.6) is 0 Å². The minimum absolute atomic E-state index is 0.0820. The molecule has 1 fully saturated rings. The molecule has 9 heteroatoms. The van der Waals surface area contributed by atoms with E-state index in [9.17, 15) is 4.79 Å².